The van der Waals surface area contributed by atoms with Crippen LogP contribution in [0.25, 0.3) is 16.9 Å². The molecule has 2 aromatic heterocycles. The van der Waals surface area contributed by atoms with Crippen LogP contribution >= 0.6 is 11.6 Å². The lowest BCUT2D eigenvalue weighted by Gasteiger charge is -2.25. The van der Waals surface area contributed by atoms with Crippen LogP contribution in [0.15, 0.2) is 71.7 Å². The summed E-state index contributed by atoms with van der Waals surface area (Å²) in [5.74, 6) is 0.0889. The van der Waals surface area contributed by atoms with Gasteiger partial charge in [-0.2, -0.15) is 5.10 Å². The molecule has 1 saturated heterocycles. The van der Waals surface area contributed by atoms with Gasteiger partial charge in [0.1, 0.15) is 11.6 Å². The number of aromatic nitrogens is 3. The zero-order chi connectivity index (χ0) is 29.1. The van der Waals surface area contributed by atoms with Gasteiger partial charge in [0.15, 0.2) is 6.35 Å². The third-order valence-electron chi connectivity index (χ3n) is 7.45. The van der Waals surface area contributed by atoms with Gasteiger partial charge in [0, 0.05) is 74.2 Å². The minimum Gasteiger partial charge on any atom is -0.383 e. The highest BCUT2D eigenvalue weighted by Gasteiger charge is 2.35. The number of halogens is 2. The number of hydrogen-bond donors (Lipinski definition) is 3. The molecular weight excluding hydrogens is 547 g/mol. The fraction of sp³-hybridized carbons (Fsp3) is 0.333. The van der Waals surface area contributed by atoms with Gasteiger partial charge in [0.25, 0.3) is 0 Å². The maximum absolute atomic E-state index is 14.3. The fourth-order valence-corrected chi connectivity index (χ4v) is 5.62. The largest absolute Gasteiger partial charge is 0.383 e. The van der Waals surface area contributed by atoms with Crippen LogP contribution in [-0.4, -0.2) is 70.1 Å². The van der Waals surface area contributed by atoms with Gasteiger partial charge in [-0.15, -0.1) is 0 Å². The van der Waals surface area contributed by atoms with Gasteiger partial charge in [-0.05, 0) is 48.9 Å². The second-order valence-corrected chi connectivity index (χ2v) is 10.8. The SMILES string of the molecule is COCCN1CC(c2cc(F)cc(Cl)c2)[C@H](NC(O)Nc2c(C)c(-c3ccc(=O)n(C)c3)nn2-c2ccccc2)C1. The number of rotatable bonds is 10. The van der Waals surface area contributed by atoms with Crippen LogP contribution in [0.3, 0.4) is 0 Å². The van der Waals surface area contributed by atoms with Crippen molar-refractivity contribution >= 4 is 17.4 Å². The molecule has 0 amide bonds. The summed E-state index contributed by atoms with van der Waals surface area (Å²) in [7, 11) is 3.35. The summed E-state index contributed by atoms with van der Waals surface area (Å²) < 4.78 is 22.8. The molecule has 9 nitrogen and oxygen atoms in total. The lowest BCUT2D eigenvalue weighted by atomic mass is 9.94. The molecule has 1 aliphatic rings. The van der Waals surface area contributed by atoms with Crippen molar-refractivity contribution in [3.05, 3.63) is 99.2 Å². The van der Waals surface area contributed by atoms with E-state index in [1.165, 1.54) is 22.8 Å². The molecule has 5 rings (SSSR count). The first-order chi connectivity index (χ1) is 19.7. The highest BCUT2D eigenvalue weighted by Crippen LogP contribution is 2.32. The molecule has 41 heavy (non-hydrogen) atoms. The predicted molar refractivity (Wildman–Crippen MR) is 158 cm³/mol. The Morgan fingerprint density at radius 3 is 2.66 bits per heavy atom. The number of likely N-dealkylation sites (tertiary alicyclic amines) is 1. The highest BCUT2D eigenvalue weighted by molar-refractivity contribution is 6.30. The smallest absolute Gasteiger partial charge is 0.250 e. The van der Waals surface area contributed by atoms with Gasteiger partial charge in [0.05, 0.1) is 18.0 Å². The maximum atomic E-state index is 14.3. The first-order valence-corrected chi connectivity index (χ1v) is 13.8. The molecule has 2 unspecified atom stereocenters. The number of nitrogens with zero attached hydrogens (tertiary/aromatic N) is 4. The number of pyridine rings is 1. The van der Waals surface area contributed by atoms with Gasteiger partial charge in [0.2, 0.25) is 5.56 Å². The number of aliphatic hydroxyl groups excluding tert-OH is 1. The Morgan fingerprint density at radius 1 is 1.17 bits per heavy atom. The van der Waals surface area contributed by atoms with E-state index in [0.717, 1.165) is 22.4 Å². The van der Waals surface area contributed by atoms with E-state index in [2.05, 4.69) is 15.5 Å². The molecule has 0 bridgehead atoms. The van der Waals surface area contributed by atoms with Gasteiger partial charge in [-0.25, -0.2) is 9.07 Å². The van der Waals surface area contributed by atoms with Crippen molar-refractivity contribution in [2.45, 2.75) is 25.2 Å². The summed E-state index contributed by atoms with van der Waals surface area (Å²) in [6.07, 6.45) is 0.590. The van der Waals surface area contributed by atoms with Gasteiger partial charge >= 0.3 is 0 Å². The van der Waals surface area contributed by atoms with E-state index in [1.54, 1.807) is 37.2 Å². The van der Waals surface area contributed by atoms with Crippen LogP contribution in [0.4, 0.5) is 10.2 Å². The summed E-state index contributed by atoms with van der Waals surface area (Å²) in [5, 5.41) is 23.0. The van der Waals surface area contributed by atoms with E-state index in [-0.39, 0.29) is 17.5 Å². The topological polar surface area (TPSA) is 96.6 Å². The molecule has 11 heteroatoms. The number of benzene rings is 2. The Bertz CT molecular complexity index is 1540. The number of aliphatic hydroxyl groups is 1. The maximum Gasteiger partial charge on any atom is 0.250 e. The van der Waals surface area contributed by atoms with E-state index in [9.17, 15) is 14.3 Å². The molecule has 0 radical (unpaired) electrons. The predicted octanol–water partition coefficient (Wildman–Crippen LogP) is 3.73. The van der Waals surface area contributed by atoms with Crippen molar-refractivity contribution in [3.63, 3.8) is 0 Å². The minimum atomic E-state index is -1.15. The number of nitrogens with one attached hydrogen (secondary N) is 2. The van der Waals surface area contributed by atoms with Crippen molar-refractivity contribution in [1.82, 2.24) is 24.6 Å². The average molecular weight is 581 g/mol. The van der Waals surface area contributed by atoms with E-state index >= 15 is 0 Å². The van der Waals surface area contributed by atoms with Crippen molar-refractivity contribution in [2.75, 3.05) is 38.7 Å². The molecule has 1 aliphatic heterocycles. The summed E-state index contributed by atoms with van der Waals surface area (Å²) in [6, 6.07) is 17.2. The average Bonchev–Trinajstić information content (AvgIpc) is 3.49. The van der Waals surface area contributed by atoms with Crippen LogP contribution in [0.1, 0.15) is 17.0 Å². The van der Waals surface area contributed by atoms with Crippen LogP contribution in [0.5, 0.6) is 0 Å². The molecule has 0 spiro atoms. The Kier molecular flexibility index (Phi) is 8.86. The van der Waals surface area contributed by atoms with Crippen LogP contribution in [0, 0.1) is 12.7 Å². The third kappa shape index (κ3) is 6.52. The normalized spacial score (nSPS) is 18.1. The van der Waals surface area contributed by atoms with Crippen molar-refractivity contribution in [1.29, 1.82) is 0 Å². The zero-order valence-electron chi connectivity index (χ0n) is 23.2. The van der Waals surface area contributed by atoms with Crippen LogP contribution in [0.2, 0.25) is 5.02 Å². The van der Waals surface area contributed by atoms with Crippen molar-refractivity contribution in [2.24, 2.45) is 7.05 Å². The first kappa shape index (κ1) is 29.0. The first-order valence-electron chi connectivity index (χ1n) is 13.4. The van der Waals surface area contributed by atoms with Gasteiger partial charge in [-0.3, -0.25) is 15.0 Å². The summed E-state index contributed by atoms with van der Waals surface area (Å²) in [5.41, 5.74) is 3.71. The second kappa shape index (κ2) is 12.5. The number of aryl methyl sites for hydroxylation is 1. The number of methoxy groups -OCH3 is 1. The molecule has 1 fully saturated rings. The van der Waals surface area contributed by atoms with Crippen LogP contribution in [-0.2, 0) is 11.8 Å². The Hall–Kier alpha value is -3.54. The third-order valence-corrected chi connectivity index (χ3v) is 7.67. The second-order valence-electron chi connectivity index (χ2n) is 10.3. The number of hydrogen-bond acceptors (Lipinski definition) is 7. The summed E-state index contributed by atoms with van der Waals surface area (Å²) >= 11 is 6.19. The number of para-hydroxylation sites is 1. The van der Waals surface area contributed by atoms with E-state index < -0.39 is 12.2 Å². The highest BCUT2D eigenvalue weighted by atomic mass is 35.5. The van der Waals surface area contributed by atoms with Gasteiger partial charge < -0.3 is 19.7 Å². The molecule has 216 valence electrons. The lowest BCUT2D eigenvalue weighted by molar-refractivity contribution is 0.139. The number of anilines is 1. The molecular formula is C30H34ClFN6O3. The summed E-state index contributed by atoms with van der Waals surface area (Å²) in [4.78, 5) is 14.2. The number of ether oxygens (including phenoxy) is 1. The molecule has 3 heterocycles. The van der Waals surface area contributed by atoms with E-state index in [4.69, 9.17) is 21.4 Å². The van der Waals surface area contributed by atoms with Gasteiger partial charge in [-0.1, -0.05) is 29.8 Å². The molecule has 3 N–H and O–H groups in total. The quantitative estimate of drug-likeness (QED) is 0.246. The fourth-order valence-electron chi connectivity index (χ4n) is 5.39. The monoisotopic (exact) mass is 580 g/mol. The Morgan fingerprint density at radius 2 is 1.95 bits per heavy atom. The van der Waals surface area contributed by atoms with E-state index in [0.29, 0.717) is 42.8 Å². The molecule has 0 aliphatic carbocycles. The molecule has 0 saturated carbocycles. The molecule has 2 aromatic carbocycles. The van der Waals surface area contributed by atoms with Crippen molar-refractivity contribution in [3.8, 4) is 16.9 Å². The Labute approximate surface area is 243 Å². The standard InChI is InChI=1S/C30H34ClFN6O3/c1-19-28(20-9-10-27(39)36(2)16-20)35-38(24-7-5-4-6-8-24)29(19)34-30(40)33-26-18-37(11-12-41-3)17-25(26)21-13-22(31)15-23(32)14-21/h4-10,13-16,25-26,30,33-34,40H,11-12,17-18H2,1-3H3/t25?,26-,30?/m1/s1. The zero-order valence-corrected chi connectivity index (χ0v) is 24.0. The Balaban J connectivity index is 1.44. The van der Waals surface area contributed by atoms with Crippen LogP contribution < -0.4 is 16.2 Å². The lowest BCUT2D eigenvalue weighted by Crippen LogP contribution is -2.46. The molecule has 4 aromatic rings. The van der Waals surface area contributed by atoms with Crippen molar-refractivity contribution < 1.29 is 14.2 Å². The van der Waals surface area contributed by atoms with E-state index in [1.807, 2.05) is 37.3 Å². The molecule has 3 atom stereocenters. The minimum absolute atomic E-state index is 0.113. The summed E-state index contributed by atoms with van der Waals surface area (Å²) in [6.45, 7) is 4.47.